The van der Waals surface area contributed by atoms with Crippen LogP contribution in [-0.4, -0.2) is 24.6 Å². The Morgan fingerprint density at radius 3 is 2.62 bits per heavy atom. The van der Waals surface area contributed by atoms with Crippen molar-refractivity contribution in [3.8, 4) is 22.8 Å². The average molecular weight is 455 g/mol. The molecule has 1 amide bonds. The lowest BCUT2D eigenvalue weighted by atomic mass is 10.1. The molecule has 32 heavy (non-hydrogen) atoms. The van der Waals surface area contributed by atoms with Gasteiger partial charge in [-0.2, -0.15) is 0 Å². The average Bonchev–Trinajstić information content (AvgIpc) is 3.12. The van der Waals surface area contributed by atoms with Crippen molar-refractivity contribution in [3.05, 3.63) is 64.8 Å². The van der Waals surface area contributed by atoms with Gasteiger partial charge in [0.05, 0.1) is 19.4 Å². The quantitative estimate of drug-likeness (QED) is 0.383. The van der Waals surface area contributed by atoms with Crippen LogP contribution in [0.4, 0.5) is 9.52 Å². The number of benzene rings is 2. The van der Waals surface area contributed by atoms with E-state index in [4.69, 9.17) is 9.47 Å². The summed E-state index contributed by atoms with van der Waals surface area (Å²) < 4.78 is 24.4. The van der Waals surface area contributed by atoms with Crippen LogP contribution in [0, 0.1) is 18.7 Å². The Kier molecular flexibility index (Phi) is 8.00. The Balaban J connectivity index is 1.64. The maximum Gasteiger partial charge on any atom is 0.250 e. The van der Waals surface area contributed by atoms with Crippen LogP contribution in [0.3, 0.4) is 0 Å². The first-order chi connectivity index (χ1) is 15.4. The number of rotatable bonds is 9. The molecule has 1 heterocycles. The second-order valence-electron chi connectivity index (χ2n) is 7.69. The predicted octanol–water partition coefficient (Wildman–Crippen LogP) is 6.34. The van der Waals surface area contributed by atoms with Crippen LogP contribution in [0.1, 0.15) is 30.7 Å². The predicted molar refractivity (Wildman–Crippen MR) is 128 cm³/mol. The summed E-state index contributed by atoms with van der Waals surface area (Å²) in [6.07, 6.45) is 4.11. The van der Waals surface area contributed by atoms with Crippen LogP contribution in [0.5, 0.6) is 11.5 Å². The fourth-order valence-electron chi connectivity index (χ4n) is 2.96. The Morgan fingerprint density at radius 1 is 1.19 bits per heavy atom. The Hall–Kier alpha value is -3.19. The minimum atomic E-state index is -0.299. The van der Waals surface area contributed by atoms with Crippen molar-refractivity contribution in [2.75, 3.05) is 19.0 Å². The fourth-order valence-corrected chi connectivity index (χ4v) is 3.79. The SMILES string of the molecule is COc1cc(/C=C/C(=O)Nc2nc(-c3ccc(F)cc3)c(C)s2)ccc1OCCC(C)C. The number of carbonyl (C=O) groups excluding carboxylic acids is 1. The third-order valence-corrected chi connectivity index (χ3v) is 5.60. The summed E-state index contributed by atoms with van der Waals surface area (Å²) in [4.78, 5) is 17.8. The zero-order valence-corrected chi connectivity index (χ0v) is 19.5. The number of hydrogen-bond acceptors (Lipinski definition) is 5. The summed E-state index contributed by atoms with van der Waals surface area (Å²) >= 11 is 1.37. The summed E-state index contributed by atoms with van der Waals surface area (Å²) in [5.74, 6) is 1.28. The van der Waals surface area contributed by atoms with Crippen LogP contribution in [0.15, 0.2) is 48.5 Å². The highest BCUT2D eigenvalue weighted by molar-refractivity contribution is 7.16. The summed E-state index contributed by atoms with van der Waals surface area (Å²) in [6.45, 7) is 6.84. The van der Waals surface area contributed by atoms with Gasteiger partial charge in [0.25, 0.3) is 0 Å². The zero-order valence-electron chi connectivity index (χ0n) is 18.6. The lowest BCUT2D eigenvalue weighted by Gasteiger charge is -2.12. The number of anilines is 1. The highest BCUT2D eigenvalue weighted by Gasteiger charge is 2.11. The first kappa shape index (κ1) is 23.5. The van der Waals surface area contributed by atoms with E-state index in [1.165, 1.54) is 29.5 Å². The van der Waals surface area contributed by atoms with Gasteiger partial charge in [0, 0.05) is 16.5 Å². The van der Waals surface area contributed by atoms with Crippen LogP contribution in [0.25, 0.3) is 17.3 Å². The van der Waals surface area contributed by atoms with Gasteiger partial charge in [0.2, 0.25) is 5.91 Å². The van der Waals surface area contributed by atoms with Gasteiger partial charge >= 0.3 is 0 Å². The Morgan fingerprint density at radius 2 is 1.94 bits per heavy atom. The lowest BCUT2D eigenvalue weighted by Crippen LogP contribution is -2.07. The van der Waals surface area contributed by atoms with Gasteiger partial charge in [-0.3, -0.25) is 10.1 Å². The van der Waals surface area contributed by atoms with E-state index in [-0.39, 0.29) is 11.7 Å². The molecule has 0 aliphatic heterocycles. The molecule has 0 spiro atoms. The molecule has 3 rings (SSSR count). The first-order valence-electron chi connectivity index (χ1n) is 10.4. The maximum atomic E-state index is 13.2. The van der Waals surface area contributed by atoms with Gasteiger partial charge in [-0.1, -0.05) is 19.9 Å². The van der Waals surface area contributed by atoms with Gasteiger partial charge in [-0.05, 0) is 67.3 Å². The molecular formula is C25H27FN2O3S. The number of hydrogen-bond donors (Lipinski definition) is 1. The molecule has 0 saturated carbocycles. The van der Waals surface area contributed by atoms with E-state index in [2.05, 4.69) is 24.1 Å². The molecule has 0 bridgehead atoms. The summed E-state index contributed by atoms with van der Waals surface area (Å²) in [5.41, 5.74) is 2.35. The highest BCUT2D eigenvalue weighted by atomic mass is 32.1. The number of thiazole rings is 1. The number of ether oxygens (including phenoxy) is 2. The second-order valence-corrected chi connectivity index (χ2v) is 8.90. The molecule has 0 aliphatic carbocycles. The number of carbonyl (C=O) groups is 1. The number of halogens is 1. The van der Waals surface area contributed by atoms with E-state index in [9.17, 15) is 9.18 Å². The highest BCUT2D eigenvalue weighted by Crippen LogP contribution is 2.31. The van der Waals surface area contributed by atoms with Crippen LogP contribution in [-0.2, 0) is 4.79 Å². The molecule has 0 radical (unpaired) electrons. The van der Waals surface area contributed by atoms with E-state index in [1.54, 1.807) is 25.3 Å². The number of aromatic nitrogens is 1. The lowest BCUT2D eigenvalue weighted by molar-refractivity contribution is -0.111. The van der Waals surface area contributed by atoms with Crippen molar-refractivity contribution in [1.82, 2.24) is 4.98 Å². The minimum absolute atomic E-state index is 0.291. The van der Waals surface area contributed by atoms with E-state index < -0.39 is 0 Å². The van der Waals surface area contributed by atoms with E-state index in [0.29, 0.717) is 29.2 Å². The molecule has 1 aromatic heterocycles. The second kappa shape index (κ2) is 10.9. The van der Waals surface area contributed by atoms with Gasteiger partial charge < -0.3 is 9.47 Å². The van der Waals surface area contributed by atoms with Gasteiger partial charge in [0.1, 0.15) is 5.82 Å². The molecule has 0 aliphatic rings. The van der Waals surface area contributed by atoms with Crippen molar-refractivity contribution in [1.29, 1.82) is 0 Å². The molecule has 0 unspecified atom stereocenters. The molecule has 5 nitrogen and oxygen atoms in total. The number of nitrogens with zero attached hydrogens (tertiary/aromatic N) is 1. The van der Waals surface area contributed by atoms with Gasteiger partial charge in [-0.15, -0.1) is 11.3 Å². The molecule has 2 aromatic carbocycles. The van der Waals surface area contributed by atoms with Crippen LogP contribution in [0.2, 0.25) is 0 Å². The van der Waals surface area contributed by atoms with Crippen molar-refractivity contribution in [2.24, 2.45) is 5.92 Å². The van der Waals surface area contributed by atoms with Crippen LogP contribution >= 0.6 is 11.3 Å². The molecular weight excluding hydrogens is 427 g/mol. The zero-order chi connectivity index (χ0) is 23.1. The van der Waals surface area contributed by atoms with E-state index in [0.717, 1.165) is 28.1 Å². The summed E-state index contributed by atoms with van der Waals surface area (Å²) in [5, 5.41) is 3.27. The Labute approximate surface area is 191 Å². The minimum Gasteiger partial charge on any atom is -0.493 e. The van der Waals surface area contributed by atoms with Gasteiger partial charge in [-0.25, -0.2) is 9.37 Å². The molecule has 3 aromatic rings. The molecule has 0 fully saturated rings. The fraction of sp³-hybridized carbons (Fsp3) is 0.280. The standard InChI is InChI=1S/C25H27FN2O3S/c1-16(2)13-14-31-21-11-5-18(15-22(21)30-4)6-12-23(29)27-25-28-24(17(3)32-25)19-7-9-20(26)10-8-19/h5-12,15-16H,13-14H2,1-4H3,(H,27,28,29)/b12-6+. The Bertz CT molecular complexity index is 1090. The van der Waals surface area contributed by atoms with Gasteiger partial charge in [0.15, 0.2) is 16.6 Å². The smallest absolute Gasteiger partial charge is 0.250 e. The normalized spacial score (nSPS) is 11.2. The number of amides is 1. The van der Waals surface area contributed by atoms with E-state index in [1.807, 2.05) is 25.1 Å². The molecule has 0 saturated heterocycles. The molecule has 7 heteroatoms. The van der Waals surface area contributed by atoms with Crippen molar-refractivity contribution in [3.63, 3.8) is 0 Å². The molecule has 0 atom stereocenters. The monoisotopic (exact) mass is 454 g/mol. The maximum absolute atomic E-state index is 13.2. The third kappa shape index (κ3) is 6.40. The summed E-state index contributed by atoms with van der Waals surface area (Å²) in [6, 6.07) is 11.7. The topological polar surface area (TPSA) is 60.5 Å². The molecule has 168 valence electrons. The van der Waals surface area contributed by atoms with E-state index >= 15 is 0 Å². The summed E-state index contributed by atoms with van der Waals surface area (Å²) in [7, 11) is 1.59. The van der Waals surface area contributed by atoms with Crippen molar-refractivity contribution >= 4 is 28.5 Å². The third-order valence-electron chi connectivity index (χ3n) is 4.71. The number of nitrogens with one attached hydrogen (secondary N) is 1. The largest absolute Gasteiger partial charge is 0.493 e. The van der Waals surface area contributed by atoms with Crippen LogP contribution < -0.4 is 14.8 Å². The number of methoxy groups -OCH3 is 1. The van der Waals surface area contributed by atoms with Crippen molar-refractivity contribution in [2.45, 2.75) is 27.2 Å². The van der Waals surface area contributed by atoms with Crippen molar-refractivity contribution < 1.29 is 18.7 Å². The molecule has 1 N–H and O–H groups in total. The number of aryl methyl sites for hydroxylation is 1. The first-order valence-corrected chi connectivity index (χ1v) is 11.2.